The Hall–Kier alpha value is -4.39. The number of amides is 2. The van der Waals surface area contributed by atoms with Gasteiger partial charge in [0.05, 0.1) is 17.8 Å². The van der Waals surface area contributed by atoms with Crippen LogP contribution in [0.3, 0.4) is 0 Å². The average Bonchev–Trinajstić information content (AvgIpc) is 3.03. The summed E-state index contributed by atoms with van der Waals surface area (Å²) in [6, 6.07) is 25.3. The third kappa shape index (κ3) is 4.77. The molecule has 7 heteroatoms. The maximum atomic E-state index is 13.0. The Bertz CT molecular complexity index is 1360. The van der Waals surface area contributed by atoms with E-state index in [9.17, 15) is 14.4 Å². The van der Waals surface area contributed by atoms with Crippen LogP contribution in [0.25, 0.3) is 5.69 Å². The van der Waals surface area contributed by atoms with Crippen molar-refractivity contribution in [2.24, 2.45) is 7.05 Å². The topological polar surface area (TPSA) is 85.1 Å². The number of hydrogen-bond acceptors (Lipinski definition) is 3. The molecule has 0 aliphatic rings. The Kier molecular flexibility index (Phi) is 6.22. The first kappa shape index (κ1) is 21.8. The second-order valence-corrected chi connectivity index (χ2v) is 7.68. The Morgan fingerprint density at radius 3 is 2.21 bits per heavy atom. The van der Waals surface area contributed by atoms with Crippen molar-refractivity contribution < 1.29 is 9.59 Å². The van der Waals surface area contributed by atoms with Crippen molar-refractivity contribution in [1.29, 1.82) is 0 Å². The zero-order valence-electron chi connectivity index (χ0n) is 18.4. The summed E-state index contributed by atoms with van der Waals surface area (Å²) in [6.45, 7) is 1.77. The van der Waals surface area contributed by atoms with E-state index in [2.05, 4.69) is 10.6 Å². The molecule has 0 spiro atoms. The van der Waals surface area contributed by atoms with E-state index in [1.165, 1.54) is 4.68 Å². The molecule has 7 nitrogen and oxygen atoms in total. The molecule has 2 amide bonds. The highest BCUT2D eigenvalue weighted by atomic mass is 16.2. The molecule has 0 unspecified atom stereocenters. The van der Waals surface area contributed by atoms with Crippen molar-refractivity contribution >= 4 is 23.2 Å². The number of aromatic nitrogens is 2. The van der Waals surface area contributed by atoms with Crippen LogP contribution in [0.2, 0.25) is 0 Å². The van der Waals surface area contributed by atoms with E-state index in [4.69, 9.17) is 0 Å². The predicted octanol–water partition coefficient (Wildman–Crippen LogP) is 3.92. The van der Waals surface area contributed by atoms with Crippen molar-refractivity contribution in [2.45, 2.75) is 13.3 Å². The number of anilines is 2. The number of nitrogens with one attached hydrogen (secondary N) is 2. The van der Waals surface area contributed by atoms with Gasteiger partial charge < -0.3 is 10.6 Å². The molecule has 0 bridgehead atoms. The number of nitrogens with zero attached hydrogens (tertiary/aromatic N) is 2. The van der Waals surface area contributed by atoms with Crippen LogP contribution >= 0.6 is 0 Å². The summed E-state index contributed by atoms with van der Waals surface area (Å²) in [5.74, 6) is -0.608. The van der Waals surface area contributed by atoms with Crippen LogP contribution in [0.15, 0.2) is 89.7 Å². The van der Waals surface area contributed by atoms with Gasteiger partial charge in [-0.3, -0.25) is 19.1 Å². The molecular formula is C26H24N4O3. The van der Waals surface area contributed by atoms with E-state index in [-0.39, 0.29) is 23.6 Å². The zero-order chi connectivity index (χ0) is 23.4. The normalized spacial score (nSPS) is 10.6. The molecule has 3 aromatic carbocycles. The highest BCUT2D eigenvalue weighted by Crippen LogP contribution is 2.17. The summed E-state index contributed by atoms with van der Waals surface area (Å²) in [6.07, 6.45) is 0.236. The third-order valence-electron chi connectivity index (χ3n) is 5.41. The van der Waals surface area contributed by atoms with Gasteiger partial charge in [-0.15, -0.1) is 0 Å². The van der Waals surface area contributed by atoms with Crippen LogP contribution in [-0.4, -0.2) is 21.2 Å². The fourth-order valence-electron chi connectivity index (χ4n) is 3.62. The molecule has 1 aromatic heterocycles. The Morgan fingerprint density at radius 1 is 0.848 bits per heavy atom. The maximum Gasteiger partial charge on any atom is 0.295 e. The van der Waals surface area contributed by atoms with Gasteiger partial charge in [0.25, 0.3) is 11.5 Å². The molecule has 0 atom stereocenters. The minimum atomic E-state index is -0.430. The summed E-state index contributed by atoms with van der Waals surface area (Å²) >= 11 is 0. The van der Waals surface area contributed by atoms with E-state index in [0.29, 0.717) is 22.6 Å². The average molecular weight is 441 g/mol. The molecule has 0 fully saturated rings. The highest BCUT2D eigenvalue weighted by Gasteiger charge is 2.19. The number of carbonyl (C=O) groups is 2. The minimum absolute atomic E-state index is 0.177. The first-order valence-corrected chi connectivity index (χ1v) is 10.5. The van der Waals surface area contributed by atoms with Gasteiger partial charge in [-0.05, 0) is 42.8 Å². The predicted molar refractivity (Wildman–Crippen MR) is 129 cm³/mol. The second kappa shape index (κ2) is 9.40. The first-order chi connectivity index (χ1) is 15.9. The molecule has 33 heavy (non-hydrogen) atoms. The number of benzene rings is 3. The molecule has 2 N–H and O–H groups in total. The van der Waals surface area contributed by atoms with Crippen LogP contribution in [-0.2, 0) is 18.3 Å². The van der Waals surface area contributed by atoms with E-state index in [0.717, 1.165) is 5.56 Å². The van der Waals surface area contributed by atoms with E-state index in [1.807, 2.05) is 60.7 Å². The quantitative estimate of drug-likeness (QED) is 0.477. The van der Waals surface area contributed by atoms with Crippen molar-refractivity contribution in [1.82, 2.24) is 9.36 Å². The van der Waals surface area contributed by atoms with Gasteiger partial charge in [0, 0.05) is 18.3 Å². The SMILES string of the molecule is Cc1c(NC(=O)c2cccc(NC(=O)Cc3ccccc3)c2)c(=O)n(-c2ccccc2)n1C. The van der Waals surface area contributed by atoms with Crippen LogP contribution in [0.4, 0.5) is 11.4 Å². The van der Waals surface area contributed by atoms with Crippen molar-refractivity contribution in [3.05, 3.63) is 112 Å². The van der Waals surface area contributed by atoms with Crippen molar-refractivity contribution in [2.75, 3.05) is 10.6 Å². The molecule has 4 rings (SSSR count). The van der Waals surface area contributed by atoms with Gasteiger partial charge >= 0.3 is 0 Å². The molecule has 4 aromatic rings. The van der Waals surface area contributed by atoms with Gasteiger partial charge in [-0.1, -0.05) is 54.6 Å². The highest BCUT2D eigenvalue weighted by molar-refractivity contribution is 6.05. The van der Waals surface area contributed by atoms with Gasteiger partial charge in [0.2, 0.25) is 5.91 Å². The summed E-state index contributed by atoms with van der Waals surface area (Å²) in [5, 5.41) is 5.56. The zero-order valence-corrected chi connectivity index (χ0v) is 18.4. The largest absolute Gasteiger partial charge is 0.326 e. The van der Waals surface area contributed by atoms with E-state index < -0.39 is 5.91 Å². The summed E-state index contributed by atoms with van der Waals surface area (Å²) in [4.78, 5) is 38.3. The fraction of sp³-hybridized carbons (Fsp3) is 0.115. The Morgan fingerprint density at radius 2 is 1.52 bits per heavy atom. The molecule has 0 radical (unpaired) electrons. The van der Waals surface area contributed by atoms with Gasteiger partial charge in [-0.2, -0.15) is 0 Å². The molecule has 1 heterocycles. The number of rotatable bonds is 6. The van der Waals surface area contributed by atoms with Crippen LogP contribution < -0.4 is 16.2 Å². The maximum absolute atomic E-state index is 13.0. The van der Waals surface area contributed by atoms with Crippen LogP contribution in [0, 0.1) is 6.92 Å². The third-order valence-corrected chi connectivity index (χ3v) is 5.41. The summed E-state index contributed by atoms with van der Waals surface area (Å²) in [5.41, 5.74) is 2.97. The second-order valence-electron chi connectivity index (χ2n) is 7.68. The van der Waals surface area contributed by atoms with Gasteiger partial charge in [0.1, 0.15) is 5.69 Å². The molecule has 166 valence electrons. The van der Waals surface area contributed by atoms with Gasteiger partial charge in [-0.25, -0.2) is 4.68 Å². The summed E-state index contributed by atoms with van der Waals surface area (Å²) < 4.78 is 3.21. The molecule has 0 saturated heterocycles. The monoisotopic (exact) mass is 440 g/mol. The minimum Gasteiger partial charge on any atom is -0.326 e. The Balaban J connectivity index is 1.52. The Labute approximate surface area is 191 Å². The van der Waals surface area contributed by atoms with Crippen molar-refractivity contribution in [3.8, 4) is 5.69 Å². The smallest absolute Gasteiger partial charge is 0.295 e. The molecular weight excluding hydrogens is 416 g/mol. The van der Waals surface area contributed by atoms with E-state index in [1.54, 1.807) is 42.9 Å². The lowest BCUT2D eigenvalue weighted by atomic mass is 10.1. The van der Waals surface area contributed by atoms with E-state index >= 15 is 0 Å². The van der Waals surface area contributed by atoms with Crippen LogP contribution in [0.1, 0.15) is 21.6 Å². The van der Waals surface area contributed by atoms with Gasteiger partial charge in [0.15, 0.2) is 0 Å². The molecule has 0 saturated carbocycles. The fourth-order valence-corrected chi connectivity index (χ4v) is 3.62. The lowest BCUT2D eigenvalue weighted by molar-refractivity contribution is -0.115. The summed E-state index contributed by atoms with van der Waals surface area (Å²) in [7, 11) is 1.77. The van der Waals surface area contributed by atoms with Crippen molar-refractivity contribution in [3.63, 3.8) is 0 Å². The van der Waals surface area contributed by atoms with Crippen LogP contribution in [0.5, 0.6) is 0 Å². The number of hydrogen-bond donors (Lipinski definition) is 2. The first-order valence-electron chi connectivity index (χ1n) is 10.5. The number of para-hydroxylation sites is 1. The molecule has 0 aliphatic heterocycles. The number of carbonyl (C=O) groups excluding carboxylic acids is 2. The molecule has 0 aliphatic carbocycles. The lowest BCUT2D eigenvalue weighted by Gasteiger charge is -2.08. The lowest BCUT2D eigenvalue weighted by Crippen LogP contribution is -2.23. The standard InChI is InChI=1S/C26H24N4O3/c1-18-24(26(33)30(29(18)2)22-14-7-4-8-15-22)28-25(32)20-12-9-13-21(17-20)27-23(31)16-19-10-5-3-6-11-19/h3-15,17H,16H2,1-2H3,(H,27,31)(H,28,32).